The van der Waals surface area contributed by atoms with Gasteiger partial charge in [-0.1, -0.05) is 19.9 Å². The van der Waals surface area contributed by atoms with Gasteiger partial charge in [-0.3, -0.25) is 9.67 Å². The van der Waals surface area contributed by atoms with Crippen molar-refractivity contribution in [3.63, 3.8) is 0 Å². The zero-order valence-electron chi connectivity index (χ0n) is 13.3. The second-order valence-electron chi connectivity index (χ2n) is 5.30. The van der Waals surface area contributed by atoms with E-state index in [2.05, 4.69) is 53.0 Å². The van der Waals surface area contributed by atoms with Gasteiger partial charge in [-0.25, -0.2) is 0 Å². The highest BCUT2D eigenvalue weighted by Gasteiger charge is 2.17. The Labute approximate surface area is 127 Å². The number of nitrogens with zero attached hydrogens (tertiary/aromatic N) is 3. The van der Waals surface area contributed by atoms with E-state index in [0.717, 1.165) is 32.4 Å². The molecule has 1 unspecified atom stereocenters. The van der Waals surface area contributed by atoms with Crippen molar-refractivity contribution in [3.8, 4) is 0 Å². The van der Waals surface area contributed by atoms with E-state index in [9.17, 15) is 0 Å². The van der Waals surface area contributed by atoms with Crippen molar-refractivity contribution in [2.24, 2.45) is 0 Å². The Morgan fingerprint density at radius 1 is 1.29 bits per heavy atom. The van der Waals surface area contributed by atoms with Crippen LogP contribution in [0.4, 0.5) is 0 Å². The first-order valence-corrected chi connectivity index (χ1v) is 7.97. The molecule has 1 N–H and O–H groups in total. The molecule has 0 radical (unpaired) electrons. The van der Waals surface area contributed by atoms with E-state index in [1.807, 2.05) is 18.5 Å². The van der Waals surface area contributed by atoms with Gasteiger partial charge in [-0.15, -0.1) is 0 Å². The van der Waals surface area contributed by atoms with Crippen LogP contribution in [-0.4, -0.2) is 21.3 Å². The van der Waals surface area contributed by atoms with Crippen LogP contribution in [0.2, 0.25) is 0 Å². The molecule has 0 saturated carbocycles. The smallest absolute Gasteiger partial charge is 0.0625 e. The molecule has 21 heavy (non-hydrogen) atoms. The van der Waals surface area contributed by atoms with Gasteiger partial charge in [0.2, 0.25) is 0 Å². The molecule has 0 amide bonds. The van der Waals surface area contributed by atoms with Crippen molar-refractivity contribution < 1.29 is 0 Å². The molecule has 4 heteroatoms. The Balaban J connectivity index is 2.24. The monoisotopic (exact) mass is 286 g/mol. The van der Waals surface area contributed by atoms with E-state index < -0.39 is 0 Å². The lowest BCUT2D eigenvalue weighted by atomic mass is 10.0. The Bertz CT molecular complexity index is 533. The summed E-state index contributed by atoms with van der Waals surface area (Å²) in [5, 5.41) is 8.34. The van der Waals surface area contributed by atoms with Crippen molar-refractivity contribution >= 4 is 0 Å². The molecule has 2 rings (SSSR count). The third-order valence-electron chi connectivity index (χ3n) is 3.68. The number of aryl methyl sites for hydroxylation is 2. The van der Waals surface area contributed by atoms with E-state index >= 15 is 0 Å². The summed E-state index contributed by atoms with van der Waals surface area (Å²) in [4.78, 5) is 4.23. The van der Waals surface area contributed by atoms with Gasteiger partial charge in [-0.05, 0) is 50.4 Å². The summed E-state index contributed by atoms with van der Waals surface area (Å²) in [5.41, 5.74) is 3.71. The summed E-state index contributed by atoms with van der Waals surface area (Å²) in [6.07, 6.45) is 6.83. The van der Waals surface area contributed by atoms with Crippen molar-refractivity contribution in [1.29, 1.82) is 0 Å². The van der Waals surface area contributed by atoms with Crippen LogP contribution in [0.15, 0.2) is 30.6 Å². The highest BCUT2D eigenvalue weighted by Crippen LogP contribution is 2.20. The molecule has 0 spiro atoms. The maximum Gasteiger partial charge on any atom is 0.0625 e. The zero-order chi connectivity index (χ0) is 15.1. The summed E-state index contributed by atoms with van der Waals surface area (Å²) in [7, 11) is 0. The largest absolute Gasteiger partial charge is 0.308 e. The maximum absolute atomic E-state index is 4.68. The molecule has 114 valence electrons. The van der Waals surface area contributed by atoms with E-state index in [-0.39, 0.29) is 0 Å². The number of pyridine rings is 1. The molecule has 2 heterocycles. The second kappa shape index (κ2) is 7.93. The summed E-state index contributed by atoms with van der Waals surface area (Å²) >= 11 is 0. The second-order valence-corrected chi connectivity index (χ2v) is 5.30. The van der Waals surface area contributed by atoms with Crippen LogP contribution in [0.3, 0.4) is 0 Å². The quantitative estimate of drug-likeness (QED) is 0.810. The molecular formula is C17H26N4. The fourth-order valence-corrected chi connectivity index (χ4v) is 2.55. The summed E-state index contributed by atoms with van der Waals surface area (Å²) in [5.74, 6) is 0. The minimum absolute atomic E-state index is 0.293. The average Bonchev–Trinajstić information content (AvgIpc) is 2.95. The molecule has 2 aromatic rings. The predicted molar refractivity (Wildman–Crippen MR) is 86.3 cm³/mol. The lowest BCUT2D eigenvalue weighted by Crippen LogP contribution is -2.26. The van der Waals surface area contributed by atoms with E-state index in [1.54, 1.807) is 0 Å². The molecule has 0 aliphatic heterocycles. The van der Waals surface area contributed by atoms with Crippen LogP contribution < -0.4 is 5.32 Å². The van der Waals surface area contributed by atoms with Crippen LogP contribution in [0.25, 0.3) is 0 Å². The van der Waals surface area contributed by atoms with Crippen LogP contribution in [0.1, 0.15) is 50.2 Å². The van der Waals surface area contributed by atoms with E-state index in [1.165, 1.54) is 17.0 Å². The standard InChI is InChI=1S/C17H26N4/c1-4-9-19-16(11-14-8-7-10-18-13-14)17-12-15(5-2)20-21(17)6-3/h7-8,10,12-13,16,19H,4-6,9,11H2,1-3H3. The van der Waals surface area contributed by atoms with Gasteiger partial charge in [0.05, 0.1) is 17.4 Å². The minimum Gasteiger partial charge on any atom is -0.308 e. The van der Waals surface area contributed by atoms with Crippen molar-refractivity contribution in [3.05, 3.63) is 47.5 Å². The molecule has 0 bridgehead atoms. The molecule has 1 atom stereocenters. The first-order valence-electron chi connectivity index (χ1n) is 7.97. The third-order valence-corrected chi connectivity index (χ3v) is 3.68. The molecule has 0 aliphatic rings. The van der Waals surface area contributed by atoms with Crippen molar-refractivity contribution in [2.75, 3.05) is 6.54 Å². The highest BCUT2D eigenvalue weighted by atomic mass is 15.3. The van der Waals surface area contributed by atoms with Crippen LogP contribution in [0, 0.1) is 0 Å². The van der Waals surface area contributed by atoms with Gasteiger partial charge in [0, 0.05) is 18.9 Å². The van der Waals surface area contributed by atoms with Gasteiger partial charge in [0.25, 0.3) is 0 Å². The summed E-state index contributed by atoms with van der Waals surface area (Å²) in [6.45, 7) is 8.43. The summed E-state index contributed by atoms with van der Waals surface area (Å²) < 4.78 is 2.13. The van der Waals surface area contributed by atoms with Crippen molar-refractivity contribution in [1.82, 2.24) is 20.1 Å². The number of aromatic nitrogens is 3. The molecule has 0 saturated heterocycles. The van der Waals surface area contributed by atoms with Gasteiger partial charge < -0.3 is 5.32 Å². The van der Waals surface area contributed by atoms with Crippen LogP contribution >= 0.6 is 0 Å². The first-order chi connectivity index (χ1) is 10.3. The Morgan fingerprint density at radius 3 is 2.76 bits per heavy atom. The first kappa shape index (κ1) is 15.7. The fourth-order valence-electron chi connectivity index (χ4n) is 2.55. The van der Waals surface area contributed by atoms with Gasteiger partial charge in [-0.2, -0.15) is 5.10 Å². The molecule has 0 aromatic carbocycles. The number of hydrogen-bond donors (Lipinski definition) is 1. The molecule has 0 aliphatic carbocycles. The minimum atomic E-state index is 0.293. The fraction of sp³-hybridized carbons (Fsp3) is 0.529. The van der Waals surface area contributed by atoms with Gasteiger partial charge in [0.1, 0.15) is 0 Å². The topological polar surface area (TPSA) is 42.7 Å². The number of hydrogen-bond acceptors (Lipinski definition) is 3. The molecular weight excluding hydrogens is 260 g/mol. The zero-order valence-corrected chi connectivity index (χ0v) is 13.3. The third kappa shape index (κ3) is 4.14. The molecule has 2 aromatic heterocycles. The van der Waals surface area contributed by atoms with E-state index in [4.69, 9.17) is 0 Å². The predicted octanol–water partition coefficient (Wildman–Crippen LogP) is 3.14. The lowest BCUT2D eigenvalue weighted by molar-refractivity contribution is 0.477. The van der Waals surface area contributed by atoms with Crippen LogP contribution in [-0.2, 0) is 19.4 Å². The Hall–Kier alpha value is -1.68. The SMILES string of the molecule is CCCNC(Cc1cccnc1)c1cc(CC)nn1CC. The Morgan fingerprint density at radius 2 is 2.14 bits per heavy atom. The van der Waals surface area contributed by atoms with Crippen molar-refractivity contribution in [2.45, 2.75) is 52.6 Å². The maximum atomic E-state index is 4.68. The average molecular weight is 286 g/mol. The van der Waals surface area contributed by atoms with Crippen LogP contribution in [0.5, 0.6) is 0 Å². The number of nitrogens with one attached hydrogen (secondary N) is 1. The Kier molecular flexibility index (Phi) is 5.93. The van der Waals surface area contributed by atoms with E-state index in [0.29, 0.717) is 6.04 Å². The highest BCUT2D eigenvalue weighted by molar-refractivity contribution is 5.19. The molecule has 0 fully saturated rings. The normalized spacial score (nSPS) is 12.5. The van der Waals surface area contributed by atoms with Gasteiger partial charge >= 0.3 is 0 Å². The molecule has 4 nitrogen and oxygen atoms in total. The van der Waals surface area contributed by atoms with Gasteiger partial charge in [0.15, 0.2) is 0 Å². The lowest BCUT2D eigenvalue weighted by Gasteiger charge is -2.19. The summed E-state index contributed by atoms with van der Waals surface area (Å²) in [6, 6.07) is 6.68. The number of rotatable bonds is 8.